The van der Waals surface area contributed by atoms with Gasteiger partial charge in [0.2, 0.25) is 12.3 Å². The Morgan fingerprint density at radius 3 is 2.73 bits per heavy atom. The third-order valence-corrected chi connectivity index (χ3v) is 4.66. The number of ether oxygens (including phenoxy) is 1. The predicted octanol–water partition coefficient (Wildman–Crippen LogP) is 1.18. The van der Waals surface area contributed by atoms with Gasteiger partial charge in [0.1, 0.15) is 12.0 Å². The number of likely N-dealkylation sites (N-methyl/N-ethyl adjacent to an activating group) is 1. The smallest absolute Gasteiger partial charge is 0.240 e. The Morgan fingerprint density at radius 2 is 2.13 bits per heavy atom. The predicted molar refractivity (Wildman–Crippen MR) is 116 cm³/mol. The number of rotatable bonds is 14. The molecule has 0 saturated carbocycles. The van der Waals surface area contributed by atoms with Crippen LogP contribution in [-0.2, 0) is 14.3 Å². The van der Waals surface area contributed by atoms with Gasteiger partial charge < -0.3 is 14.5 Å². The van der Waals surface area contributed by atoms with E-state index in [4.69, 9.17) is 4.74 Å². The molecule has 0 aromatic carbocycles. The molecule has 1 atom stereocenters. The van der Waals surface area contributed by atoms with Crippen molar-refractivity contribution in [2.75, 3.05) is 53.0 Å². The summed E-state index contributed by atoms with van der Waals surface area (Å²) in [6, 6.07) is 0. The number of amides is 2. The van der Waals surface area contributed by atoms with Crippen molar-refractivity contribution >= 4 is 12.3 Å². The molecule has 0 aromatic heterocycles. The summed E-state index contributed by atoms with van der Waals surface area (Å²) < 4.78 is 19.2. The minimum Gasteiger partial charge on any atom is -0.375 e. The van der Waals surface area contributed by atoms with Crippen molar-refractivity contribution in [3.63, 3.8) is 0 Å². The van der Waals surface area contributed by atoms with Gasteiger partial charge in [-0.15, -0.1) is 0 Å². The standard InChI is InChI=1S/C21H34FN5O3/c1-6-9-23-20-13-26(10-11-30-15-18(7-2)19(22)8-3)17(4)12-27(20)21(29)14-25(5)24-16-28/h7-8,16,20,23H,2-4,6,9-15H2,1,5H3,(H,24,28)/b19-18-. The number of piperazine rings is 1. The van der Waals surface area contributed by atoms with Gasteiger partial charge in [0.15, 0.2) is 0 Å². The highest BCUT2D eigenvalue weighted by Gasteiger charge is 2.31. The summed E-state index contributed by atoms with van der Waals surface area (Å²) >= 11 is 0. The topological polar surface area (TPSA) is 77.2 Å². The Bertz CT molecular complexity index is 653. The van der Waals surface area contributed by atoms with Crippen molar-refractivity contribution < 1.29 is 18.7 Å². The van der Waals surface area contributed by atoms with Crippen molar-refractivity contribution in [2.24, 2.45) is 0 Å². The molecule has 1 rings (SSSR count). The molecule has 0 aliphatic carbocycles. The molecule has 2 N–H and O–H groups in total. The number of carbonyl (C=O) groups is 2. The number of halogens is 1. The Kier molecular flexibility index (Phi) is 11.7. The van der Waals surface area contributed by atoms with E-state index < -0.39 is 5.83 Å². The molecule has 1 aliphatic rings. The molecule has 8 nitrogen and oxygen atoms in total. The zero-order valence-corrected chi connectivity index (χ0v) is 18.0. The molecule has 0 radical (unpaired) electrons. The fourth-order valence-electron chi connectivity index (χ4n) is 2.98. The third-order valence-electron chi connectivity index (χ3n) is 4.66. The maximum absolute atomic E-state index is 13.6. The lowest BCUT2D eigenvalue weighted by molar-refractivity contribution is -0.137. The average molecular weight is 424 g/mol. The van der Waals surface area contributed by atoms with Gasteiger partial charge in [-0.05, 0) is 19.0 Å². The van der Waals surface area contributed by atoms with E-state index in [0.29, 0.717) is 38.2 Å². The van der Waals surface area contributed by atoms with Crippen LogP contribution in [0.5, 0.6) is 0 Å². The van der Waals surface area contributed by atoms with Crippen LogP contribution in [0.15, 0.2) is 49.0 Å². The quantitative estimate of drug-likeness (QED) is 0.189. The molecule has 30 heavy (non-hydrogen) atoms. The van der Waals surface area contributed by atoms with Crippen LogP contribution < -0.4 is 10.7 Å². The van der Waals surface area contributed by atoms with Crippen LogP contribution in [0.3, 0.4) is 0 Å². The van der Waals surface area contributed by atoms with Crippen LogP contribution in [0, 0.1) is 0 Å². The zero-order chi connectivity index (χ0) is 22.5. The third kappa shape index (κ3) is 8.10. The first-order valence-electron chi connectivity index (χ1n) is 9.95. The van der Waals surface area contributed by atoms with Gasteiger partial charge in [0.25, 0.3) is 0 Å². The van der Waals surface area contributed by atoms with E-state index in [9.17, 15) is 14.0 Å². The molecule has 1 fully saturated rings. The lowest BCUT2D eigenvalue weighted by Gasteiger charge is -2.44. The molecule has 1 heterocycles. The highest BCUT2D eigenvalue weighted by Crippen LogP contribution is 2.16. The Hall–Kier alpha value is -2.49. The van der Waals surface area contributed by atoms with Crippen LogP contribution in [0.4, 0.5) is 4.39 Å². The molecule has 1 aliphatic heterocycles. The van der Waals surface area contributed by atoms with Gasteiger partial charge >= 0.3 is 0 Å². The minimum absolute atomic E-state index is 0.0605. The van der Waals surface area contributed by atoms with Crippen molar-refractivity contribution in [2.45, 2.75) is 19.5 Å². The molecular weight excluding hydrogens is 389 g/mol. The minimum atomic E-state index is -0.445. The molecule has 2 amide bonds. The van der Waals surface area contributed by atoms with Gasteiger partial charge in [-0.25, -0.2) is 9.40 Å². The lowest BCUT2D eigenvalue weighted by Crippen LogP contribution is -2.61. The second-order valence-electron chi connectivity index (χ2n) is 6.94. The Morgan fingerprint density at radius 1 is 1.40 bits per heavy atom. The molecule has 1 unspecified atom stereocenters. The largest absolute Gasteiger partial charge is 0.375 e. The summed E-state index contributed by atoms with van der Waals surface area (Å²) in [6.07, 6.45) is 3.83. The number of hydrogen-bond acceptors (Lipinski definition) is 6. The molecular formula is C21H34FN5O3. The van der Waals surface area contributed by atoms with E-state index in [-0.39, 0.29) is 25.2 Å². The highest BCUT2D eigenvalue weighted by atomic mass is 19.1. The van der Waals surface area contributed by atoms with Crippen molar-refractivity contribution in [1.82, 2.24) is 25.6 Å². The summed E-state index contributed by atoms with van der Waals surface area (Å²) in [5.74, 6) is -0.558. The molecule has 9 heteroatoms. The second kappa shape index (κ2) is 13.7. The van der Waals surface area contributed by atoms with Crippen LogP contribution in [0.25, 0.3) is 0 Å². The molecule has 0 aromatic rings. The van der Waals surface area contributed by atoms with Crippen LogP contribution in [0.1, 0.15) is 13.3 Å². The molecule has 0 spiro atoms. The van der Waals surface area contributed by atoms with Crippen molar-refractivity contribution in [3.05, 3.63) is 49.0 Å². The summed E-state index contributed by atoms with van der Waals surface area (Å²) in [5, 5.41) is 4.82. The van der Waals surface area contributed by atoms with Crippen LogP contribution >= 0.6 is 0 Å². The molecule has 0 bridgehead atoms. The monoisotopic (exact) mass is 423 g/mol. The van der Waals surface area contributed by atoms with Gasteiger partial charge in [-0.2, -0.15) is 0 Å². The zero-order valence-electron chi connectivity index (χ0n) is 18.0. The summed E-state index contributed by atoms with van der Waals surface area (Å²) in [5.41, 5.74) is 3.60. The van der Waals surface area contributed by atoms with Crippen LogP contribution in [-0.4, -0.2) is 86.3 Å². The number of allylic oxidation sites excluding steroid dienone is 2. The van der Waals surface area contributed by atoms with Crippen molar-refractivity contribution in [1.29, 1.82) is 0 Å². The van der Waals surface area contributed by atoms with Gasteiger partial charge in [-0.3, -0.25) is 20.3 Å². The van der Waals surface area contributed by atoms with Gasteiger partial charge in [0, 0.05) is 24.9 Å². The van der Waals surface area contributed by atoms with E-state index in [0.717, 1.165) is 24.7 Å². The molecule has 1 saturated heterocycles. The second-order valence-corrected chi connectivity index (χ2v) is 6.94. The fourth-order valence-corrected chi connectivity index (χ4v) is 2.98. The SMILES string of the molecule is C=C/C(F)=C(\C=C)COCCN1CC(NCCC)N(C(=O)CN(C)NC=O)CC1=C. The number of nitrogens with zero attached hydrogens (tertiary/aromatic N) is 3. The number of nitrogens with one attached hydrogen (secondary N) is 2. The lowest BCUT2D eigenvalue weighted by atomic mass is 10.2. The summed E-state index contributed by atoms with van der Waals surface area (Å²) in [4.78, 5) is 27.1. The van der Waals surface area contributed by atoms with E-state index in [1.54, 1.807) is 11.9 Å². The molecule has 168 valence electrons. The average Bonchev–Trinajstić information content (AvgIpc) is 2.73. The maximum atomic E-state index is 13.6. The Balaban J connectivity index is 2.67. The fraction of sp³-hybridized carbons (Fsp3) is 0.524. The normalized spacial score (nSPS) is 17.6. The van der Waals surface area contributed by atoms with Gasteiger partial charge in [-0.1, -0.05) is 32.7 Å². The first kappa shape index (κ1) is 25.5. The van der Waals surface area contributed by atoms with Crippen molar-refractivity contribution in [3.8, 4) is 0 Å². The van der Waals surface area contributed by atoms with Crippen LogP contribution in [0.2, 0.25) is 0 Å². The Labute approximate surface area is 178 Å². The number of hydrogen-bond donors (Lipinski definition) is 2. The summed E-state index contributed by atoms with van der Waals surface area (Å²) in [7, 11) is 1.63. The van der Waals surface area contributed by atoms with Gasteiger partial charge in [0.05, 0.1) is 32.8 Å². The first-order chi connectivity index (χ1) is 14.4. The number of hydrazine groups is 1. The first-order valence-corrected chi connectivity index (χ1v) is 9.95. The van der Waals surface area contributed by atoms with E-state index in [1.807, 2.05) is 0 Å². The summed E-state index contributed by atoms with van der Waals surface area (Å²) in [6.45, 7) is 16.0. The van der Waals surface area contributed by atoms with E-state index >= 15 is 0 Å². The van der Waals surface area contributed by atoms with E-state index in [2.05, 4.69) is 42.3 Å². The maximum Gasteiger partial charge on any atom is 0.240 e. The highest BCUT2D eigenvalue weighted by molar-refractivity contribution is 5.79. The number of carbonyl (C=O) groups excluding carboxylic acids is 2. The van der Waals surface area contributed by atoms with E-state index in [1.165, 1.54) is 11.1 Å².